The molecule has 0 spiro atoms. The number of hydrogen-bond acceptors (Lipinski definition) is 4. The van der Waals surface area contributed by atoms with E-state index >= 15 is 0 Å². The second kappa shape index (κ2) is 8.73. The van der Waals surface area contributed by atoms with Gasteiger partial charge in [-0.2, -0.15) is 31.3 Å². The van der Waals surface area contributed by atoms with Crippen molar-refractivity contribution in [2.75, 3.05) is 0 Å². The Morgan fingerprint density at radius 1 is 0.938 bits per heavy atom. The summed E-state index contributed by atoms with van der Waals surface area (Å²) >= 11 is 5.57. The maximum atomic E-state index is 13.0. The molecule has 5 nitrogen and oxygen atoms in total. The quantitative estimate of drug-likeness (QED) is 0.413. The van der Waals surface area contributed by atoms with E-state index in [-0.39, 0.29) is 23.3 Å². The molecule has 0 saturated carbocycles. The van der Waals surface area contributed by atoms with E-state index in [2.05, 4.69) is 4.98 Å². The molecule has 0 amide bonds. The molecule has 0 N–H and O–H groups in total. The first-order valence-electron chi connectivity index (χ1n) is 8.77. The Hall–Kier alpha value is -3.21. The minimum atomic E-state index is -4.65. The van der Waals surface area contributed by atoms with Crippen LogP contribution in [0, 0.1) is 0 Å². The average molecular weight is 479 g/mol. The highest BCUT2D eigenvalue weighted by Crippen LogP contribution is 2.38. The maximum Gasteiger partial charge on any atom is 0.417 e. The molecule has 2 aromatic carbocycles. The molecule has 3 aromatic rings. The Morgan fingerprint density at radius 2 is 1.50 bits per heavy atom. The van der Waals surface area contributed by atoms with Crippen molar-refractivity contribution in [3.05, 3.63) is 75.2 Å². The van der Waals surface area contributed by atoms with Crippen LogP contribution in [-0.2, 0) is 19.6 Å². The third-order valence-corrected chi connectivity index (χ3v) is 4.36. The van der Waals surface area contributed by atoms with Crippen molar-refractivity contribution in [1.29, 1.82) is 0 Å². The molecule has 0 saturated heterocycles. The zero-order valence-electron chi connectivity index (χ0n) is 16.1. The number of alkyl halides is 6. The largest absolute Gasteiger partial charge is 0.457 e. The first-order chi connectivity index (χ1) is 14.8. The van der Waals surface area contributed by atoms with Crippen LogP contribution in [0.1, 0.15) is 11.1 Å². The average Bonchev–Trinajstić information content (AvgIpc) is 2.67. The lowest BCUT2D eigenvalue weighted by Gasteiger charge is -2.13. The number of halogens is 7. The van der Waals surface area contributed by atoms with E-state index in [1.165, 1.54) is 37.4 Å². The van der Waals surface area contributed by atoms with Gasteiger partial charge in [-0.15, -0.1) is 0 Å². The highest BCUT2D eigenvalue weighted by atomic mass is 35.5. The number of hydrogen-bond donors (Lipinski definition) is 0. The Morgan fingerprint density at radius 3 is 2.06 bits per heavy atom. The lowest BCUT2D eigenvalue weighted by Crippen LogP contribution is -2.23. The molecule has 170 valence electrons. The first kappa shape index (κ1) is 23.5. The van der Waals surface area contributed by atoms with Crippen LogP contribution >= 0.6 is 11.6 Å². The summed E-state index contributed by atoms with van der Waals surface area (Å²) in [4.78, 5) is 15.3. The van der Waals surface area contributed by atoms with E-state index < -0.39 is 40.5 Å². The summed E-state index contributed by atoms with van der Waals surface area (Å²) in [6.45, 7) is 0. The van der Waals surface area contributed by atoms with E-state index in [4.69, 9.17) is 21.1 Å². The first-order valence-corrected chi connectivity index (χ1v) is 9.15. The summed E-state index contributed by atoms with van der Waals surface area (Å²) in [5, 5.41) is -0.465. The van der Waals surface area contributed by atoms with Crippen molar-refractivity contribution in [1.82, 2.24) is 9.55 Å². The molecule has 0 aliphatic rings. The Bertz CT molecular complexity index is 1170. The van der Waals surface area contributed by atoms with E-state index in [0.29, 0.717) is 0 Å². The molecule has 0 fully saturated rings. The molecule has 3 rings (SSSR count). The minimum absolute atomic E-state index is 0.0975. The summed E-state index contributed by atoms with van der Waals surface area (Å²) in [7, 11) is 1.36. The molecule has 0 atom stereocenters. The van der Waals surface area contributed by atoms with Gasteiger partial charge >= 0.3 is 18.4 Å². The highest BCUT2D eigenvalue weighted by molar-refractivity contribution is 6.31. The fourth-order valence-electron chi connectivity index (χ4n) is 2.62. The molecule has 1 heterocycles. The summed E-state index contributed by atoms with van der Waals surface area (Å²) in [6, 6.07) is 8.37. The number of aromatic nitrogens is 2. The summed E-state index contributed by atoms with van der Waals surface area (Å²) in [6.07, 6.45) is -9.64. The molecule has 0 bridgehead atoms. The number of ether oxygens (including phenoxy) is 2. The van der Waals surface area contributed by atoms with Crippen LogP contribution in [0.3, 0.4) is 0 Å². The van der Waals surface area contributed by atoms with Crippen molar-refractivity contribution < 1.29 is 35.8 Å². The van der Waals surface area contributed by atoms with Gasteiger partial charge in [0.1, 0.15) is 17.2 Å². The zero-order chi connectivity index (χ0) is 23.7. The van der Waals surface area contributed by atoms with Crippen molar-refractivity contribution in [3.8, 4) is 23.3 Å². The fraction of sp³-hybridized carbons (Fsp3) is 0.200. The van der Waals surface area contributed by atoms with Crippen molar-refractivity contribution >= 4 is 11.6 Å². The zero-order valence-corrected chi connectivity index (χ0v) is 16.8. The van der Waals surface area contributed by atoms with Crippen LogP contribution in [0.2, 0.25) is 5.02 Å². The molecule has 0 aliphatic carbocycles. The van der Waals surface area contributed by atoms with E-state index in [1.54, 1.807) is 0 Å². The SMILES string of the molecule is Cn1cc(CC(F)(F)F)c(=O)nc1Oc1ccc(Oc2ccc(Cl)c(C(F)(F)F)c2)cc1. The highest BCUT2D eigenvalue weighted by Gasteiger charge is 2.33. The molecule has 12 heteroatoms. The van der Waals surface area contributed by atoms with Crippen molar-refractivity contribution in [3.63, 3.8) is 0 Å². The molecule has 1 aromatic heterocycles. The van der Waals surface area contributed by atoms with Crippen LogP contribution < -0.4 is 15.0 Å². The van der Waals surface area contributed by atoms with Crippen LogP contribution in [0.5, 0.6) is 23.3 Å². The Labute approximate surface area is 181 Å². The third kappa shape index (κ3) is 5.94. The molecular formula is C20H13ClF6N2O3. The monoisotopic (exact) mass is 478 g/mol. The van der Waals surface area contributed by atoms with Gasteiger partial charge in [0.25, 0.3) is 5.56 Å². The molecular weight excluding hydrogens is 466 g/mol. The fourth-order valence-corrected chi connectivity index (χ4v) is 2.84. The Kier molecular flexibility index (Phi) is 6.40. The molecule has 0 aliphatic heterocycles. The van der Waals surface area contributed by atoms with Crippen LogP contribution in [0.15, 0.2) is 53.5 Å². The number of benzene rings is 2. The maximum absolute atomic E-state index is 13.0. The van der Waals surface area contributed by atoms with Gasteiger partial charge in [-0.1, -0.05) is 11.6 Å². The van der Waals surface area contributed by atoms with Crippen molar-refractivity contribution in [2.24, 2.45) is 7.05 Å². The standard InChI is InChI=1S/C20H13ClF6N2O3/c1-29-10-11(9-19(22,23)24)17(30)28-18(29)32-13-4-2-12(3-5-13)31-14-6-7-16(21)15(8-14)20(25,26)27/h2-8,10H,9H2,1H3. The Balaban J connectivity index is 1.75. The van der Waals surface area contributed by atoms with Gasteiger partial charge in [-0.05, 0) is 42.5 Å². The summed E-state index contributed by atoms with van der Waals surface area (Å²) in [5.41, 5.74) is -2.64. The van der Waals surface area contributed by atoms with Gasteiger partial charge in [0, 0.05) is 18.8 Å². The van der Waals surface area contributed by atoms with Crippen LogP contribution in [-0.4, -0.2) is 15.7 Å². The van der Waals surface area contributed by atoms with E-state index in [1.807, 2.05) is 0 Å². The summed E-state index contributed by atoms with van der Waals surface area (Å²) < 4.78 is 88.3. The lowest BCUT2D eigenvalue weighted by atomic mass is 10.2. The molecule has 0 radical (unpaired) electrons. The second-order valence-corrected chi connectivity index (χ2v) is 6.98. The molecule has 0 unspecified atom stereocenters. The number of aryl methyl sites for hydroxylation is 1. The van der Waals surface area contributed by atoms with Crippen LogP contribution in [0.4, 0.5) is 26.3 Å². The number of rotatable bonds is 5. The van der Waals surface area contributed by atoms with E-state index in [0.717, 1.165) is 22.9 Å². The summed E-state index contributed by atoms with van der Waals surface area (Å²) in [5.74, 6) is 0.241. The predicted octanol–water partition coefficient (Wildman–Crippen LogP) is 6.14. The minimum Gasteiger partial charge on any atom is -0.457 e. The smallest absolute Gasteiger partial charge is 0.417 e. The van der Waals surface area contributed by atoms with Gasteiger partial charge in [-0.3, -0.25) is 4.79 Å². The normalized spacial score (nSPS) is 12.0. The van der Waals surface area contributed by atoms with Gasteiger partial charge < -0.3 is 14.0 Å². The topological polar surface area (TPSA) is 53.4 Å². The lowest BCUT2D eigenvalue weighted by molar-refractivity contribution is -0.137. The van der Waals surface area contributed by atoms with Gasteiger partial charge in [0.05, 0.1) is 17.0 Å². The second-order valence-electron chi connectivity index (χ2n) is 6.57. The number of nitrogens with zero attached hydrogens (tertiary/aromatic N) is 2. The van der Waals surface area contributed by atoms with Gasteiger partial charge in [0.15, 0.2) is 0 Å². The molecule has 32 heavy (non-hydrogen) atoms. The van der Waals surface area contributed by atoms with Crippen molar-refractivity contribution in [2.45, 2.75) is 18.8 Å². The van der Waals surface area contributed by atoms with E-state index in [9.17, 15) is 31.1 Å². The van der Waals surface area contributed by atoms with Gasteiger partial charge in [0.2, 0.25) is 0 Å². The van der Waals surface area contributed by atoms with Gasteiger partial charge in [-0.25, -0.2) is 0 Å². The predicted molar refractivity (Wildman–Crippen MR) is 102 cm³/mol. The third-order valence-electron chi connectivity index (χ3n) is 4.03. The van der Waals surface area contributed by atoms with Crippen LogP contribution in [0.25, 0.3) is 0 Å².